The molecule has 1 aromatic heterocycles. The van der Waals surface area contributed by atoms with Crippen molar-refractivity contribution in [2.24, 2.45) is 0 Å². The topological polar surface area (TPSA) is 79.2 Å². The number of H-pyrrole nitrogens is 1. The van der Waals surface area contributed by atoms with Gasteiger partial charge in [0.25, 0.3) is 5.69 Å². The number of alkyl halides is 3. The first-order chi connectivity index (χ1) is 8.30. The highest BCUT2D eigenvalue weighted by molar-refractivity contribution is 5.85. The number of halogens is 3. The minimum absolute atomic E-state index is 0.0194. The van der Waals surface area contributed by atoms with Crippen LogP contribution in [0.2, 0.25) is 0 Å². The van der Waals surface area contributed by atoms with Gasteiger partial charge in [0.05, 0.1) is 4.92 Å². The highest BCUT2D eigenvalue weighted by Crippen LogP contribution is 2.36. The number of aliphatic hydroxyl groups excluding tert-OH is 1. The maximum absolute atomic E-state index is 12.4. The van der Waals surface area contributed by atoms with Crippen LogP contribution in [0.4, 0.5) is 18.9 Å². The number of aliphatic hydroxyl groups is 1. The Hall–Kier alpha value is -2.09. The third kappa shape index (κ3) is 2.02. The second-order valence-corrected chi connectivity index (χ2v) is 3.68. The first kappa shape index (κ1) is 12.4. The van der Waals surface area contributed by atoms with Gasteiger partial charge in [0.15, 0.2) is 6.10 Å². The number of aromatic amines is 1. The van der Waals surface area contributed by atoms with E-state index in [0.717, 1.165) is 12.3 Å². The molecule has 0 saturated carbocycles. The summed E-state index contributed by atoms with van der Waals surface area (Å²) >= 11 is 0. The Morgan fingerprint density at radius 3 is 2.61 bits per heavy atom. The number of nitrogens with one attached hydrogen (secondary N) is 1. The molecule has 2 N–H and O–H groups in total. The maximum Gasteiger partial charge on any atom is 0.418 e. The van der Waals surface area contributed by atoms with Gasteiger partial charge in [0.2, 0.25) is 0 Å². The van der Waals surface area contributed by atoms with Crippen LogP contribution in [0, 0.1) is 10.1 Å². The second-order valence-electron chi connectivity index (χ2n) is 3.68. The molecule has 2 rings (SSSR count). The summed E-state index contributed by atoms with van der Waals surface area (Å²) in [6.45, 7) is 0. The van der Waals surface area contributed by atoms with Crippen molar-refractivity contribution in [3.63, 3.8) is 0 Å². The van der Waals surface area contributed by atoms with Crippen molar-refractivity contribution in [1.29, 1.82) is 0 Å². The van der Waals surface area contributed by atoms with Gasteiger partial charge in [0.1, 0.15) is 0 Å². The second kappa shape index (κ2) is 3.98. The molecule has 1 aromatic carbocycles. The molecule has 1 atom stereocenters. The Morgan fingerprint density at radius 1 is 1.39 bits per heavy atom. The molecule has 1 unspecified atom stereocenters. The number of nitrogens with zero attached hydrogens (tertiary/aromatic N) is 1. The average molecular weight is 260 g/mol. The van der Waals surface area contributed by atoms with Crippen molar-refractivity contribution in [3.05, 3.63) is 40.1 Å². The maximum atomic E-state index is 12.4. The number of hydrogen-bond acceptors (Lipinski definition) is 3. The van der Waals surface area contributed by atoms with Crippen molar-refractivity contribution in [2.75, 3.05) is 0 Å². The minimum Gasteiger partial charge on any atom is -0.379 e. The van der Waals surface area contributed by atoms with Crippen LogP contribution in [0.5, 0.6) is 0 Å². The number of fused-ring (bicyclic) bond motifs is 1. The fraction of sp³-hybridized carbons (Fsp3) is 0.200. The van der Waals surface area contributed by atoms with E-state index in [9.17, 15) is 23.3 Å². The van der Waals surface area contributed by atoms with Crippen LogP contribution in [0.3, 0.4) is 0 Å². The third-order valence-corrected chi connectivity index (χ3v) is 2.51. The van der Waals surface area contributed by atoms with Gasteiger partial charge in [-0.2, -0.15) is 13.2 Å². The Balaban J connectivity index is 2.59. The normalized spacial score (nSPS) is 13.8. The van der Waals surface area contributed by atoms with Gasteiger partial charge in [-0.3, -0.25) is 10.1 Å². The molecule has 0 aliphatic heterocycles. The number of rotatable bonds is 2. The first-order valence-electron chi connectivity index (χ1n) is 4.81. The number of hydrogen-bond donors (Lipinski definition) is 2. The molecule has 1 heterocycles. The monoisotopic (exact) mass is 260 g/mol. The van der Waals surface area contributed by atoms with Gasteiger partial charge in [-0.1, -0.05) is 0 Å². The van der Waals surface area contributed by atoms with Crippen molar-refractivity contribution in [1.82, 2.24) is 4.98 Å². The van der Waals surface area contributed by atoms with Gasteiger partial charge in [-0.05, 0) is 6.07 Å². The summed E-state index contributed by atoms with van der Waals surface area (Å²) in [6, 6.07) is 3.46. The van der Waals surface area contributed by atoms with Crippen molar-refractivity contribution in [3.8, 4) is 0 Å². The van der Waals surface area contributed by atoms with Crippen LogP contribution in [-0.4, -0.2) is 21.2 Å². The van der Waals surface area contributed by atoms with Gasteiger partial charge >= 0.3 is 6.18 Å². The van der Waals surface area contributed by atoms with Crippen LogP contribution in [0.1, 0.15) is 11.7 Å². The summed E-state index contributed by atoms with van der Waals surface area (Å²) in [5.74, 6) is 0. The number of aromatic nitrogens is 1. The van der Waals surface area contributed by atoms with E-state index >= 15 is 0 Å². The molecule has 0 aliphatic rings. The van der Waals surface area contributed by atoms with Gasteiger partial charge < -0.3 is 10.1 Å². The molecule has 2 aromatic rings. The Morgan fingerprint density at radius 2 is 2.06 bits per heavy atom. The van der Waals surface area contributed by atoms with Crippen LogP contribution in [0.25, 0.3) is 10.9 Å². The molecule has 5 nitrogen and oxygen atoms in total. The van der Waals surface area contributed by atoms with E-state index in [1.807, 2.05) is 0 Å². The lowest BCUT2D eigenvalue weighted by Gasteiger charge is -2.13. The van der Waals surface area contributed by atoms with E-state index in [0.29, 0.717) is 5.52 Å². The molecule has 0 radical (unpaired) electrons. The quantitative estimate of drug-likeness (QED) is 0.643. The van der Waals surface area contributed by atoms with Crippen LogP contribution in [0.15, 0.2) is 24.4 Å². The van der Waals surface area contributed by atoms with E-state index in [-0.39, 0.29) is 11.1 Å². The van der Waals surface area contributed by atoms with E-state index in [1.165, 1.54) is 12.1 Å². The summed E-state index contributed by atoms with van der Waals surface area (Å²) in [4.78, 5) is 12.4. The van der Waals surface area contributed by atoms with E-state index in [4.69, 9.17) is 5.11 Å². The summed E-state index contributed by atoms with van der Waals surface area (Å²) in [7, 11) is 0. The zero-order chi connectivity index (χ0) is 13.5. The zero-order valence-corrected chi connectivity index (χ0v) is 8.73. The molecule has 0 spiro atoms. The van der Waals surface area contributed by atoms with E-state index in [1.54, 1.807) is 0 Å². The number of nitro groups is 1. The number of non-ortho nitro benzene ring substituents is 1. The molecule has 96 valence electrons. The molecule has 18 heavy (non-hydrogen) atoms. The highest BCUT2D eigenvalue weighted by atomic mass is 19.4. The summed E-state index contributed by atoms with van der Waals surface area (Å²) in [5.41, 5.74) is -0.474. The smallest absolute Gasteiger partial charge is 0.379 e. The average Bonchev–Trinajstić information content (AvgIpc) is 2.68. The molecule has 0 saturated heterocycles. The Bertz CT molecular complexity index is 606. The molecular weight excluding hydrogens is 253 g/mol. The third-order valence-electron chi connectivity index (χ3n) is 2.51. The fourth-order valence-electron chi connectivity index (χ4n) is 1.65. The number of benzene rings is 1. The van der Waals surface area contributed by atoms with Crippen molar-refractivity contribution in [2.45, 2.75) is 12.3 Å². The summed E-state index contributed by atoms with van der Waals surface area (Å²) in [6.07, 6.45) is -6.50. The molecule has 0 fully saturated rings. The summed E-state index contributed by atoms with van der Waals surface area (Å²) in [5, 5.41) is 19.7. The highest BCUT2D eigenvalue weighted by Gasteiger charge is 2.40. The predicted octanol–water partition coefficient (Wildman–Crippen LogP) is 2.67. The zero-order valence-electron chi connectivity index (χ0n) is 8.73. The first-order valence-corrected chi connectivity index (χ1v) is 4.81. The minimum atomic E-state index is -4.82. The van der Waals surface area contributed by atoms with Gasteiger partial charge in [0, 0.05) is 34.8 Å². The molecule has 0 bridgehead atoms. The van der Waals surface area contributed by atoms with Crippen LogP contribution < -0.4 is 0 Å². The van der Waals surface area contributed by atoms with E-state index in [2.05, 4.69) is 4.98 Å². The largest absolute Gasteiger partial charge is 0.418 e. The lowest BCUT2D eigenvalue weighted by molar-refractivity contribution is -0.384. The van der Waals surface area contributed by atoms with Crippen LogP contribution in [-0.2, 0) is 0 Å². The van der Waals surface area contributed by atoms with E-state index < -0.39 is 22.8 Å². The molecular formula is C10H7F3N2O3. The predicted molar refractivity (Wildman–Crippen MR) is 56.0 cm³/mol. The Labute approximate surface area is 98.0 Å². The molecule has 8 heteroatoms. The SMILES string of the molecule is O=[N+]([O-])c1ccc2[nH]cc(C(O)C(F)(F)F)c2c1. The van der Waals surface area contributed by atoms with Gasteiger partial charge in [-0.25, -0.2) is 0 Å². The lowest BCUT2D eigenvalue weighted by Crippen LogP contribution is -2.19. The summed E-state index contributed by atoms with van der Waals surface area (Å²) < 4.78 is 37.2. The Kier molecular flexibility index (Phi) is 2.74. The van der Waals surface area contributed by atoms with Gasteiger partial charge in [-0.15, -0.1) is 0 Å². The fourth-order valence-corrected chi connectivity index (χ4v) is 1.65. The number of nitro benzene ring substituents is 1. The van der Waals surface area contributed by atoms with Crippen molar-refractivity contribution >= 4 is 16.6 Å². The molecule has 0 aliphatic carbocycles. The molecule has 0 amide bonds. The van der Waals surface area contributed by atoms with Crippen LogP contribution >= 0.6 is 0 Å². The van der Waals surface area contributed by atoms with Crippen molar-refractivity contribution < 1.29 is 23.2 Å². The lowest BCUT2D eigenvalue weighted by atomic mass is 10.1. The standard InChI is InChI=1S/C10H7F3N2O3/c11-10(12,13)9(16)7-4-14-8-2-1-5(15(17)18)3-6(7)8/h1-4,9,14,16H.